The fourth-order valence-electron chi connectivity index (χ4n) is 1.52. The molecule has 0 radical (unpaired) electrons. The molecule has 0 bridgehead atoms. The molecule has 0 aromatic heterocycles. The molecule has 0 fully saturated rings. The topological polar surface area (TPSA) is 72.6 Å². The smallest absolute Gasteiger partial charge is 0.235 e. The molecule has 0 aliphatic heterocycles. The van der Waals surface area contributed by atoms with Gasteiger partial charge in [-0.25, -0.2) is 8.42 Å². The molecule has 0 amide bonds. The molecular weight excluding hydrogens is 240 g/mol. The van der Waals surface area contributed by atoms with Crippen molar-refractivity contribution >= 4 is 15.7 Å². The molecule has 0 aliphatic rings. The lowest BCUT2D eigenvalue weighted by atomic mass is 10.3. The molecule has 0 unspecified atom stereocenters. The maximum absolute atomic E-state index is 12.0. The zero-order chi connectivity index (χ0) is 12.9. The zero-order valence-corrected chi connectivity index (χ0v) is 10.9. The number of methoxy groups -OCH3 is 1. The van der Waals surface area contributed by atoms with E-state index < -0.39 is 10.0 Å². The molecule has 0 heterocycles. The first-order chi connectivity index (χ1) is 8.06. The summed E-state index contributed by atoms with van der Waals surface area (Å²) in [5.74, 6) is 0.559. The van der Waals surface area contributed by atoms with Crippen LogP contribution in [0, 0.1) is 0 Å². The van der Waals surface area contributed by atoms with Crippen molar-refractivity contribution in [2.75, 3.05) is 30.3 Å². The Bertz CT molecular complexity index is 460. The minimum Gasteiger partial charge on any atom is -0.495 e. The minimum absolute atomic E-state index is 0.0328. The lowest BCUT2D eigenvalue weighted by Gasteiger charge is -2.24. The van der Waals surface area contributed by atoms with Crippen LogP contribution in [0.4, 0.5) is 5.69 Å². The molecular formula is C11H18N2O3S. The SMILES string of the molecule is CCS(=O)(=O)N(CCN)c1ccccc1OC. The van der Waals surface area contributed by atoms with Crippen LogP contribution < -0.4 is 14.8 Å². The fourth-order valence-corrected chi connectivity index (χ4v) is 2.66. The van der Waals surface area contributed by atoms with E-state index in [2.05, 4.69) is 0 Å². The number of rotatable bonds is 6. The molecule has 1 rings (SSSR count). The van der Waals surface area contributed by atoms with E-state index in [0.717, 1.165) is 0 Å². The maximum Gasteiger partial charge on any atom is 0.235 e. The molecule has 6 heteroatoms. The van der Waals surface area contributed by atoms with Crippen LogP contribution in [0.1, 0.15) is 6.92 Å². The highest BCUT2D eigenvalue weighted by Gasteiger charge is 2.22. The van der Waals surface area contributed by atoms with Crippen LogP contribution >= 0.6 is 0 Å². The summed E-state index contributed by atoms with van der Waals surface area (Å²) in [6.45, 7) is 2.11. The molecule has 5 nitrogen and oxygen atoms in total. The quantitative estimate of drug-likeness (QED) is 0.819. The Morgan fingerprint density at radius 1 is 1.35 bits per heavy atom. The van der Waals surface area contributed by atoms with Crippen LogP contribution in [0.2, 0.25) is 0 Å². The lowest BCUT2D eigenvalue weighted by molar-refractivity contribution is 0.415. The second kappa shape index (κ2) is 5.88. The highest BCUT2D eigenvalue weighted by molar-refractivity contribution is 7.92. The van der Waals surface area contributed by atoms with Crippen molar-refractivity contribution in [3.05, 3.63) is 24.3 Å². The summed E-state index contributed by atoms with van der Waals surface area (Å²) < 4.78 is 30.4. The standard InChI is InChI=1S/C11H18N2O3S/c1-3-17(14,15)13(9-8-12)10-6-4-5-7-11(10)16-2/h4-7H,3,8-9,12H2,1-2H3. The normalized spacial score (nSPS) is 11.2. The third-order valence-electron chi connectivity index (χ3n) is 2.39. The van der Waals surface area contributed by atoms with Gasteiger partial charge < -0.3 is 10.5 Å². The monoisotopic (exact) mass is 258 g/mol. The molecule has 2 N–H and O–H groups in total. The van der Waals surface area contributed by atoms with Gasteiger partial charge in [-0.15, -0.1) is 0 Å². The summed E-state index contributed by atoms with van der Waals surface area (Å²) in [7, 11) is -1.82. The van der Waals surface area contributed by atoms with Gasteiger partial charge in [-0.1, -0.05) is 12.1 Å². The molecule has 1 aromatic rings. The number of para-hydroxylation sites is 2. The number of nitrogens with two attached hydrogens (primary N) is 1. The molecule has 0 saturated heterocycles. The van der Waals surface area contributed by atoms with E-state index in [0.29, 0.717) is 11.4 Å². The van der Waals surface area contributed by atoms with Crippen LogP contribution in [-0.2, 0) is 10.0 Å². The predicted molar refractivity (Wildman–Crippen MR) is 68.9 cm³/mol. The summed E-state index contributed by atoms with van der Waals surface area (Å²) >= 11 is 0. The van der Waals surface area contributed by atoms with Crippen molar-refractivity contribution in [2.24, 2.45) is 5.73 Å². The summed E-state index contributed by atoms with van der Waals surface area (Å²) in [5.41, 5.74) is 5.99. The summed E-state index contributed by atoms with van der Waals surface area (Å²) in [6.07, 6.45) is 0. The van der Waals surface area contributed by atoms with Gasteiger partial charge in [0.1, 0.15) is 5.75 Å². The van der Waals surface area contributed by atoms with Gasteiger partial charge in [0.2, 0.25) is 10.0 Å². The highest BCUT2D eigenvalue weighted by atomic mass is 32.2. The van der Waals surface area contributed by atoms with Crippen LogP contribution in [0.3, 0.4) is 0 Å². The summed E-state index contributed by atoms with van der Waals surface area (Å²) in [4.78, 5) is 0. The summed E-state index contributed by atoms with van der Waals surface area (Å²) in [6, 6.07) is 7.00. The molecule has 17 heavy (non-hydrogen) atoms. The van der Waals surface area contributed by atoms with Crippen molar-refractivity contribution in [1.29, 1.82) is 0 Å². The van der Waals surface area contributed by atoms with E-state index in [-0.39, 0.29) is 18.8 Å². The van der Waals surface area contributed by atoms with Gasteiger partial charge >= 0.3 is 0 Å². The Hall–Kier alpha value is -1.27. The number of sulfonamides is 1. The van der Waals surface area contributed by atoms with Gasteiger partial charge in [0.25, 0.3) is 0 Å². The highest BCUT2D eigenvalue weighted by Crippen LogP contribution is 2.29. The lowest BCUT2D eigenvalue weighted by Crippen LogP contribution is -2.36. The van der Waals surface area contributed by atoms with E-state index in [9.17, 15) is 8.42 Å². The second-order valence-corrected chi connectivity index (χ2v) is 5.62. The Kier molecular flexibility index (Phi) is 4.77. The number of nitrogens with zero attached hydrogens (tertiary/aromatic N) is 1. The molecule has 0 spiro atoms. The largest absolute Gasteiger partial charge is 0.495 e. The van der Waals surface area contributed by atoms with Crippen LogP contribution in [0.5, 0.6) is 5.75 Å². The predicted octanol–water partition coefficient (Wildman–Crippen LogP) is 0.810. The average molecular weight is 258 g/mol. The van der Waals surface area contributed by atoms with Gasteiger partial charge in [0, 0.05) is 13.1 Å². The minimum atomic E-state index is -3.33. The van der Waals surface area contributed by atoms with E-state index in [1.165, 1.54) is 11.4 Å². The molecule has 1 aromatic carbocycles. The van der Waals surface area contributed by atoms with Crippen LogP contribution in [0.25, 0.3) is 0 Å². The van der Waals surface area contributed by atoms with Gasteiger partial charge in [-0.3, -0.25) is 4.31 Å². The Morgan fingerprint density at radius 2 is 2.00 bits per heavy atom. The van der Waals surface area contributed by atoms with Crippen LogP contribution in [0.15, 0.2) is 24.3 Å². The number of anilines is 1. The third-order valence-corrected chi connectivity index (χ3v) is 4.17. The maximum atomic E-state index is 12.0. The Balaban J connectivity index is 3.23. The van der Waals surface area contributed by atoms with Gasteiger partial charge in [-0.05, 0) is 19.1 Å². The van der Waals surface area contributed by atoms with Gasteiger partial charge in [0.15, 0.2) is 0 Å². The van der Waals surface area contributed by atoms with Gasteiger partial charge in [0.05, 0.1) is 18.6 Å². The number of hydrogen-bond donors (Lipinski definition) is 1. The first kappa shape index (κ1) is 13.8. The third kappa shape index (κ3) is 3.10. The molecule has 96 valence electrons. The first-order valence-electron chi connectivity index (χ1n) is 5.40. The molecule has 0 aliphatic carbocycles. The summed E-state index contributed by atoms with van der Waals surface area (Å²) in [5, 5.41) is 0. The van der Waals surface area contributed by atoms with Crippen molar-refractivity contribution in [2.45, 2.75) is 6.92 Å². The van der Waals surface area contributed by atoms with Crippen molar-refractivity contribution in [3.63, 3.8) is 0 Å². The van der Waals surface area contributed by atoms with Crippen molar-refractivity contribution in [1.82, 2.24) is 0 Å². The number of ether oxygens (including phenoxy) is 1. The fraction of sp³-hybridized carbons (Fsp3) is 0.455. The van der Waals surface area contributed by atoms with Crippen LogP contribution in [-0.4, -0.2) is 34.4 Å². The Labute approximate surface area is 102 Å². The first-order valence-corrected chi connectivity index (χ1v) is 7.01. The Morgan fingerprint density at radius 3 is 2.53 bits per heavy atom. The van der Waals surface area contributed by atoms with Crippen molar-refractivity contribution < 1.29 is 13.2 Å². The molecule has 0 atom stereocenters. The molecule has 0 saturated carbocycles. The van der Waals surface area contributed by atoms with E-state index in [4.69, 9.17) is 10.5 Å². The second-order valence-electron chi connectivity index (χ2n) is 3.43. The van der Waals surface area contributed by atoms with E-state index >= 15 is 0 Å². The van der Waals surface area contributed by atoms with E-state index in [1.807, 2.05) is 0 Å². The number of benzene rings is 1. The van der Waals surface area contributed by atoms with Gasteiger partial charge in [-0.2, -0.15) is 0 Å². The zero-order valence-electron chi connectivity index (χ0n) is 10.1. The van der Waals surface area contributed by atoms with Crippen molar-refractivity contribution in [3.8, 4) is 5.75 Å². The average Bonchev–Trinajstić information content (AvgIpc) is 2.35. The van der Waals surface area contributed by atoms with E-state index in [1.54, 1.807) is 31.2 Å². The number of hydrogen-bond acceptors (Lipinski definition) is 4.